The van der Waals surface area contributed by atoms with Crippen molar-refractivity contribution in [3.8, 4) is 11.5 Å². The van der Waals surface area contributed by atoms with Crippen LogP contribution in [0.15, 0.2) is 42.5 Å². The van der Waals surface area contributed by atoms with Crippen LogP contribution in [0, 0.1) is 26.6 Å². The molecule has 0 atom stereocenters. The first-order chi connectivity index (χ1) is 13.9. The lowest BCUT2D eigenvalue weighted by molar-refractivity contribution is 0.101. The predicted molar refractivity (Wildman–Crippen MR) is 112 cm³/mol. The van der Waals surface area contributed by atoms with Crippen LogP contribution in [0.3, 0.4) is 0 Å². The Bertz CT molecular complexity index is 1060. The molecule has 0 saturated heterocycles. The number of nitrogens with one attached hydrogen (secondary N) is 1. The third kappa shape index (κ3) is 3.97. The molecule has 0 aliphatic heterocycles. The molecule has 1 heterocycles. The molecular formula is C23H25FN2O3. The summed E-state index contributed by atoms with van der Waals surface area (Å²) < 4.78 is 26.6. The van der Waals surface area contributed by atoms with Crippen molar-refractivity contribution in [2.45, 2.75) is 27.3 Å². The van der Waals surface area contributed by atoms with Gasteiger partial charge in [0.2, 0.25) is 0 Å². The number of aromatic nitrogens is 1. The van der Waals surface area contributed by atoms with Gasteiger partial charge in [-0.3, -0.25) is 4.79 Å². The fourth-order valence-corrected chi connectivity index (χ4v) is 3.41. The molecular weight excluding hydrogens is 371 g/mol. The summed E-state index contributed by atoms with van der Waals surface area (Å²) >= 11 is 0. The van der Waals surface area contributed by atoms with E-state index in [9.17, 15) is 9.18 Å². The number of halogens is 1. The van der Waals surface area contributed by atoms with Crippen molar-refractivity contribution < 1.29 is 18.7 Å². The molecule has 0 fully saturated rings. The van der Waals surface area contributed by atoms with Crippen molar-refractivity contribution in [3.63, 3.8) is 0 Å². The van der Waals surface area contributed by atoms with Gasteiger partial charge in [-0.1, -0.05) is 18.2 Å². The summed E-state index contributed by atoms with van der Waals surface area (Å²) in [5.74, 6) is 0.553. The molecule has 0 unspecified atom stereocenters. The number of anilines is 1. The Morgan fingerprint density at radius 3 is 2.34 bits per heavy atom. The number of methoxy groups -OCH3 is 2. The van der Waals surface area contributed by atoms with Crippen molar-refractivity contribution in [1.82, 2.24) is 4.57 Å². The number of hydrogen-bond acceptors (Lipinski definition) is 3. The normalized spacial score (nSPS) is 10.7. The fraction of sp³-hybridized carbons (Fsp3) is 0.261. The number of rotatable bonds is 6. The molecule has 1 aromatic heterocycles. The number of carbonyl (C=O) groups is 1. The molecule has 0 bridgehead atoms. The summed E-state index contributed by atoms with van der Waals surface area (Å²) in [6, 6.07) is 11.8. The first-order valence-electron chi connectivity index (χ1n) is 9.30. The lowest BCUT2D eigenvalue weighted by Crippen LogP contribution is -2.19. The standard InChI is InChI=1S/C23H25FN2O3/c1-14-15(2)22(26(16(14)3)13-17-8-6-7-9-19(17)24)23(27)25-18-10-11-20(28-4)21(12-18)29-5/h6-12H,13H2,1-5H3,(H,25,27). The molecule has 1 N–H and O–H groups in total. The van der Waals surface area contributed by atoms with Crippen LogP contribution in [0.1, 0.15) is 32.9 Å². The van der Waals surface area contributed by atoms with Crippen LogP contribution in [0.5, 0.6) is 11.5 Å². The van der Waals surface area contributed by atoms with Crippen LogP contribution in [0.25, 0.3) is 0 Å². The van der Waals surface area contributed by atoms with E-state index in [-0.39, 0.29) is 18.3 Å². The summed E-state index contributed by atoms with van der Waals surface area (Å²) in [5, 5.41) is 2.92. The maximum absolute atomic E-state index is 14.2. The molecule has 0 saturated carbocycles. The average Bonchev–Trinajstić information content (AvgIpc) is 2.93. The fourth-order valence-electron chi connectivity index (χ4n) is 3.41. The monoisotopic (exact) mass is 396 g/mol. The third-order valence-corrected chi connectivity index (χ3v) is 5.28. The molecule has 0 aliphatic carbocycles. The van der Waals surface area contributed by atoms with E-state index in [1.54, 1.807) is 50.6 Å². The highest BCUT2D eigenvalue weighted by atomic mass is 19.1. The van der Waals surface area contributed by atoms with Crippen LogP contribution >= 0.6 is 0 Å². The van der Waals surface area contributed by atoms with E-state index in [2.05, 4.69) is 5.32 Å². The first kappa shape index (κ1) is 20.5. The van der Waals surface area contributed by atoms with Crippen molar-refractivity contribution >= 4 is 11.6 Å². The molecule has 3 rings (SSSR count). The van der Waals surface area contributed by atoms with Gasteiger partial charge in [-0.05, 0) is 50.1 Å². The van der Waals surface area contributed by atoms with Gasteiger partial charge in [0.25, 0.3) is 5.91 Å². The second kappa shape index (κ2) is 8.39. The highest BCUT2D eigenvalue weighted by Crippen LogP contribution is 2.30. The summed E-state index contributed by atoms with van der Waals surface area (Å²) in [4.78, 5) is 13.2. The Morgan fingerprint density at radius 2 is 1.69 bits per heavy atom. The zero-order chi connectivity index (χ0) is 21.1. The number of amides is 1. The van der Waals surface area contributed by atoms with E-state index in [1.807, 2.05) is 25.3 Å². The Morgan fingerprint density at radius 1 is 1.00 bits per heavy atom. The van der Waals surface area contributed by atoms with E-state index >= 15 is 0 Å². The van der Waals surface area contributed by atoms with Gasteiger partial charge in [-0.15, -0.1) is 0 Å². The van der Waals surface area contributed by atoms with Gasteiger partial charge < -0.3 is 19.4 Å². The number of benzene rings is 2. The zero-order valence-electron chi connectivity index (χ0n) is 17.3. The van der Waals surface area contributed by atoms with Crippen LogP contribution in [0.2, 0.25) is 0 Å². The van der Waals surface area contributed by atoms with Crippen LogP contribution < -0.4 is 14.8 Å². The number of nitrogens with zero attached hydrogens (tertiary/aromatic N) is 1. The van der Waals surface area contributed by atoms with Gasteiger partial charge in [-0.25, -0.2) is 4.39 Å². The third-order valence-electron chi connectivity index (χ3n) is 5.28. The molecule has 0 aliphatic rings. The summed E-state index contributed by atoms with van der Waals surface area (Å²) in [6.45, 7) is 6.09. The summed E-state index contributed by atoms with van der Waals surface area (Å²) in [6.07, 6.45) is 0. The zero-order valence-corrected chi connectivity index (χ0v) is 17.3. The molecule has 2 aromatic carbocycles. The Hall–Kier alpha value is -3.28. The Labute approximate surface area is 170 Å². The number of carbonyl (C=O) groups excluding carboxylic acids is 1. The van der Waals surface area contributed by atoms with E-state index in [0.29, 0.717) is 28.4 Å². The Kier molecular flexibility index (Phi) is 5.92. The lowest BCUT2D eigenvalue weighted by Gasteiger charge is -2.14. The maximum Gasteiger partial charge on any atom is 0.272 e. The van der Waals surface area contributed by atoms with Crippen LogP contribution in [-0.4, -0.2) is 24.7 Å². The molecule has 152 valence electrons. The van der Waals surface area contributed by atoms with Crippen molar-refractivity contribution in [3.05, 3.63) is 76.4 Å². The second-order valence-corrected chi connectivity index (χ2v) is 6.89. The molecule has 1 amide bonds. The average molecular weight is 396 g/mol. The van der Waals surface area contributed by atoms with E-state index in [4.69, 9.17) is 9.47 Å². The first-order valence-corrected chi connectivity index (χ1v) is 9.30. The highest BCUT2D eigenvalue weighted by molar-refractivity contribution is 6.04. The van der Waals surface area contributed by atoms with Gasteiger partial charge >= 0.3 is 0 Å². The van der Waals surface area contributed by atoms with Gasteiger partial charge in [0, 0.05) is 23.0 Å². The van der Waals surface area contributed by atoms with Gasteiger partial charge in [0.1, 0.15) is 11.5 Å². The molecule has 29 heavy (non-hydrogen) atoms. The summed E-state index contributed by atoms with van der Waals surface area (Å²) in [7, 11) is 3.10. The van der Waals surface area contributed by atoms with Crippen molar-refractivity contribution in [1.29, 1.82) is 0 Å². The van der Waals surface area contributed by atoms with Crippen molar-refractivity contribution in [2.24, 2.45) is 0 Å². The quantitative estimate of drug-likeness (QED) is 0.647. The number of hydrogen-bond donors (Lipinski definition) is 1. The second-order valence-electron chi connectivity index (χ2n) is 6.89. The van der Waals surface area contributed by atoms with Crippen LogP contribution in [0.4, 0.5) is 10.1 Å². The molecule has 6 heteroatoms. The maximum atomic E-state index is 14.2. The minimum Gasteiger partial charge on any atom is -0.493 e. The van der Waals surface area contributed by atoms with E-state index in [1.165, 1.54) is 6.07 Å². The summed E-state index contributed by atoms with van der Waals surface area (Å²) in [5.41, 5.74) is 4.45. The highest BCUT2D eigenvalue weighted by Gasteiger charge is 2.22. The minimum absolute atomic E-state index is 0.262. The van der Waals surface area contributed by atoms with E-state index in [0.717, 1.165) is 16.8 Å². The van der Waals surface area contributed by atoms with Crippen molar-refractivity contribution in [2.75, 3.05) is 19.5 Å². The SMILES string of the molecule is COc1ccc(NC(=O)c2c(C)c(C)c(C)n2Cc2ccccc2F)cc1OC. The predicted octanol–water partition coefficient (Wildman–Crippen LogP) is 4.87. The van der Waals surface area contributed by atoms with Crippen LogP contribution in [-0.2, 0) is 6.54 Å². The molecule has 0 spiro atoms. The molecule has 0 radical (unpaired) electrons. The van der Waals surface area contributed by atoms with Gasteiger partial charge in [0.05, 0.1) is 20.8 Å². The van der Waals surface area contributed by atoms with Gasteiger partial charge in [0.15, 0.2) is 11.5 Å². The Balaban J connectivity index is 1.97. The molecule has 5 nitrogen and oxygen atoms in total. The van der Waals surface area contributed by atoms with E-state index < -0.39 is 0 Å². The smallest absolute Gasteiger partial charge is 0.272 e. The molecule has 3 aromatic rings. The van der Waals surface area contributed by atoms with Gasteiger partial charge in [-0.2, -0.15) is 0 Å². The number of ether oxygens (including phenoxy) is 2. The largest absolute Gasteiger partial charge is 0.493 e. The topological polar surface area (TPSA) is 52.5 Å². The lowest BCUT2D eigenvalue weighted by atomic mass is 10.1. The minimum atomic E-state index is -0.290.